The zero-order valence-electron chi connectivity index (χ0n) is 11.1. The molecule has 0 fully saturated rings. The summed E-state index contributed by atoms with van der Waals surface area (Å²) in [6, 6.07) is 11.8. The van der Waals surface area contributed by atoms with Crippen molar-refractivity contribution in [1.29, 1.82) is 0 Å². The summed E-state index contributed by atoms with van der Waals surface area (Å²) in [6.45, 7) is 1.25. The number of carbonyl (C=O) groups excluding carboxylic acids is 1. The summed E-state index contributed by atoms with van der Waals surface area (Å²) in [5.74, 6) is 0.0778. The molecule has 0 saturated heterocycles. The van der Waals surface area contributed by atoms with E-state index in [1.54, 1.807) is 11.3 Å². The van der Waals surface area contributed by atoms with Gasteiger partial charge in [0.1, 0.15) is 0 Å². The summed E-state index contributed by atoms with van der Waals surface area (Å²) in [7, 11) is 0. The maximum absolute atomic E-state index is 12.8. The molecule has 3 aromatic rings. The van der Waals surface area contributed by atoms with Gasteiger partial charge >= 0.3 is 0 Å². The van der Waals surface area contributed by atoms with Crippen LogP contribution < -0.4 is 0 Å². The normalized spacial score (nSPS) is 13.6. The van der Waals surface area contributed by atoms with Gasteiger partial charge in [0.2, 0.25) is 0 Å². The van der Waals surface area contributed by atoms with Crippen LogP contribution in [0.1, 0.15) is 27.0 Å². The van der Waals surface area contributed by atoms with Crippen LogP contribution in [-0.2, 0) is 18.0 Å². The second-order valence-electron chi connectivity index (χ2n) is 5.07. The maximum atomic E-state index is 12.8. The van der Waals surface area contributed by atoms with Crippen molar-refractivity contribution >= 4 is 43.1 Å². The number of ketones is 1. The molecule has 4 heteroatoms. The number of halogens is 1. The number of thiophene rings is 1. The van der Waals surface area contributed by atoms with E-state index in [-0.39, 0.29) is 5.78 Å². The quantitative estimate of drug-likeness (QED) is 0.607. The standard InChI is InChI=1S/C17H11BrO2S/c18-15-3-1-2-13-14(9-21-17(13)15)16(19)10-4-5-11-7-20-8-12(11)6-10/h1-6,9H,7-8H2. The molecule has 1 aliphatic rings. The van der Waals surface area contributed by atoms with Crippen LogP contribution in [0.2, 0.25) is 0 Å². The first-order valence-corrected chi connectivity index (χ1v) is 8.31. The number of fused-ring (bicyclic) bond motifs is 2. The van der Waals surface area contributed by atoms with E-state index < -0.39 is 0 Å². The lowest BCUT2D eigenvalue weighted by Crippen LogP contribution is -2.01. The first kappa shape index (κ1) is 13.2. The number of rotatable bonds is 2. The van der Waals surface area contributed by atoms with Gasteiger partial charge < -0.3 is 4.74 Å². The Morgan fingerprint density at radius 2 is 2.00 bits per heavy atom. The van der Waals surface area contributed by atoms with Crippen molar-refractivity contribution in [1.82, 2.24) is 0 Å². The molecule has 1 aliphatic heterocycles. The molecule has 0 aliphatic carbocycles. The highest BCUT2D eigenvalue weighted by Crippen LogP contribution is 2.33. The van der Waals surface area contributed by atoms with Crippen molar-refractivity contribution in [2.75, 3.05) is 0 Å². The Morgan fingerprint density at radius 3 is 2.90 bits per heavy atom. The summed E-state index contributed by atoms with van der Waals surface area (Å²) in [5.41, 5.74) is 3.82. The Hall–Kier alpha value is -1.49. The van der Waals surface area contributed by atoms with Crippen LogP contribution >= 0.6 is 27.3 Å². The second-order valence-corrected chi connectivity index (χ2v) is 6.81. The minimum atomic E-state index is 0.0778. The van der Waals surface area contributed by atoms with Crippen molar-refractivity contribution in [3.63, 3.8) is 0 Å². The van der Waals surface area contributed by atoms with Crippen molar-refractivity contribution < 1.29 is 9.53 Å². The fourth-order valence-corrected chi connectivity index (χ4v) is 4.27. The first-order valence-electron chi connectivity index (χ1n) is 6.64. The fraction of sp³-hybridized carbons (Fsp3) is 0.118. The summed E-state index contributed by atoms with van der Waals surface area (Å²) in [5, 5.41) is 2.96. The largest absolute Gasteiger partial charge is 0.372 e. The van der Waals surface area contributed by atoms with Crippen LogP contribution in [0.15, 0.2) is 46.3 Å². The van der Waals surface area contributed by atoms with Gasteiger partial charge in [-0.2, -0.15) is 0 Å². The third kappa shape index (κ3) is 2.14. The lowest BCUT2D eigenvalue weighted by atomic mass is 9.99. The monoisotopic (exact) mass is 358 g/mol. The van der Waals surface area contributed by atoms with Crippen molar-refractivity contribution in [2.24, 2.45) is 0 Å². The Balaban J connectivity index is 1.82. The highest BCUT2D eigenvalue weighted by atomic mass is 79.9. The van der Waals surface area contributed by atoms with E-state index >= 15 is 0 Å². The van der Waals surface area contributed by atoms with Crippen LogP contribution in [0.4, 0.5) is 0 Å². The lowest BCUT2D eigenvalue weighted by molar-refractivity contribution is 0.104. The Kier molecular flexibility index (Phi) is 3.17. The predicted octanol–water partition coefficient (Wildman–Crippen LogP) is 4.93. The van der Waals surface area contributed by atoms with Gasteiger partial charge in [-0.05, 0) is 39.2 Å². The molecule has 0 unspecified atom stereocenters. The Morgan fingerprint density at radius 1 is 1.14 bits per heavy atom. The maximum Gasteiger partial charge on any atom is 0.194 e. The van der Waals surface area contributed by atoms with E-state index in [0.717, 1.165) is 31.2 Å². The average molecular weight is 359 g/mol. The van der Waals surface area contributed by atoms with Crippen LogP contribution in [-0.4, -0.2) is 5.78 Å². The van der Waals surface area contributed by atoms with E-state index in [4.69, 9.17) is 4.74 Å². The molecular weight excluding hydrogens is 348 g/mol. The van der Waals surface area contributed by atoms with Gasteiger partial charge in [-0.25, -0.2) is 0 Å². The molecule has 0 amide bonds. The Bertz CT molecular complexity index is 866. The third-order valence-electron chi connectivity index (χ3n) is 3.78. The van der Waals surface area contributed by atoms with Crippen molar-refractivity contribution in [3.05, 3.63) is 68.5 Å². The van der Waals surface area contributed by atoms with Crippen LogP contribution in [0.3, 0.4) is 0 Å². The molecule has 21 heavy (non-hydrogen) atoms. The predicted molar refractivity (Wildman–Crippen MR) is 87.9 cm³/mol. The van der Waals surface area contributed by atoms with Crippen molar-refractivity contribution in [3.8, 4) is 0 Å². The van der Waals surface area contributed by atoms with Crippen LogP contribution in [0.25, 0.3) is 10.1 Å². The second kappa shape index (κ2) is 5.05. The van der Waals surface area contributed by atoms with E-state index in [1.165, 1.54) is 5.56 Å². The molecule has 2 aromatic carbocycles. The minimum absolute atomic E-state index is 0.0778. The average Bonchev–Trinajstić information content (AvgIpc) is 3.13. The number of ether oxygens (including phenoxy) is 1. The van der Waals surface area contributed by atoms with E-state index in [1.807, 2.05) is 41.8 Å². The molecule has 0 atom stereocenters. The summed E-state index contributed by atoms with van der Waals surface area (Å²) >= 11 is 5.14. The van der Waals surface area contributed by atoms with Gasteiger partial charge in [0, 0.05) is 31.1 Å². The van der Waals surface area contributed by atoms with E-state index in [9.17, 15) is 4.79 Å². The van der Waals surface area contributed by atoms with Gasteiger partial charge in [0.25, 0.3) is 0 Å². The molecule has 0 saturated carbocycles. The first-order chi connectivity index (χ1) is 10.2. The topological polar surface area (TPSA) is 26.3 Å². The van der Waals surface area contributed by atoms with Gasteiger partial charge in [0.05, 0.1) is 13.2 Å². The molecule has 2 nitrogen and oxygen atoms in total. The number of benzene rings is 2. The van der Waals surface area contributed by atoms with Crippen LogP contribution in [0.5, 0.6) is 0 Å². The van der Waals surface area contributed by atoms with E-state index in [2.05, 4.69) is 15.9 Å². The third-order valence-corrected chi connectivity index (χ3v) is 5.73. The van der Waals surface area contributed by atoms with Crippen molar-refractivity contribution in [2.45, 2.75) is 13.2 Å². The lowest BCUT2D eigenvalue weighted by Gasteiger charge is -2.03. The highest BCUT2D eigenvalue weighted by Gasteiger charge is 2.18. The molecule has 4 rings (SSSR count). The van der Waals surface area contributed by atoms with Gasteiger partial charge in [-0.1, -0.05) is 24.3 Å². The molecular formula is C17H11BrO2S. The molecule has 2 heterocycles. The highest BCUT2D eigenvalue weighted by molar-refractivity contribution is 9.10. The Labute approximate surface area is 134 Å². The molecule has 1 aromatic heterocycles. The fourth-order valence-electron chi connectivity index (χ4n) is 2.67. The SMILES string of the molecule is O=C(c1ccc2c(c1)COC2)c1csc2c(Br)cccc12. The zero-order chi connectivity index (χ0) is 14.4. The van der Waals surface area contributed by atoms with Gasteiger partial charge in [-0.15, -0.1) is 11.3 Å². The minimum Gasteiger partial charge on any atom is -0.372 e. The van der Waals surface area contributed by atoms with Gasteiger partial charge in [0.15, 0.2) is 5.78 Å². The summed E-state index contributed by atoms with van der Waals surface area (Å²) in [4.78, 5) is 12.8. The molecule has 104 valence electrons. The zero-order valence-corrected chi connectivity index (χ0v) is 13.5. The smallest absolute Gasteiger partial charge is 0.194 e. The number of hydrogen-bond acceptors (Lipinski definition) is 3. The molecule has 0 radical (unpaired) electrons. The number of hydrogen-bond donors (Lipinski definition) is 0. The number of carbonyl (C=O) groups is 1. The molecule has 0 spiro atoms. The molecule has 0 bridgehead atoms. The summed E-state index contributed by atoms with van der Waals surface area (Å²) in [6.07, 6.45) is 0. The van der Waals surface area contributed by atoms with Gasteiger partial charge in [-0.3, -0.25) is 4.79 Å². The molecule has 0 N–H and O–H groups in total. The van der Waals surface area contributed by atoms with Crippen LogP contribution in [0, 0.1) is 0 Å². The van der Waals surface area contributed by atoms with E-state index in [0.29, 0.717) is 13.2 Å². The summed E-state index contributed by atoms with van der Waals surface area (Å²) < 4.78 is 7.56.